The van der Waals surface area contributed by atoms with Crippen LogP contribution < -0.4 is 10.2 Å². The number of halogens is 1. The van der Waals surface area contributed by atoms with E-state index in [1.807, 2.05) is 54.7 Å². The molecule has 0 atom stereocenters. The number of carbonyl (C=O) groups is 1. The molecule has 1 amide bonds. The minimum atomic E-state index is -0.0519. The summed E-state index contributed by atoms with van der Waals surface area (Å²) >= 11 is 5.08. The largest absolute Gasteiger partial charge is 0.378 e. The smallest absolute Gasteiger partial charge is 0.251 e. The highest BCUT2D eigenvalue weighted by atomic mass is 79.9. The number of benzene rings is 1. The van der Waals surface area contributed by atoms with Gasteiger partial charge in [0.2, 0.25) is 0 Å². The highest BCUT2D eigenvalue weighted by Crippen LogP contribution is 2.22. The van der Waals surface area contributed by atoms with E-state index < -0.39 is 0 Å². The van der Waals surface area contributed by atoms with E-state index >= 15 is 0 Å². The van der Waals surface area contributed by atoms with Gasteiger partial charge >= 0.3 is 0 Å². The minimum Gasteiger partial charge on any atom is -0.378 e. The van der Waals surface area contributed by atoms with Crippen LogP contribution in [0.5, 0.6) is 0 Å². The van der Waals surface area contributed by atoms with Crippen LogP contribution >= 0.6 is 27.3 Å². The molecule has 1 aromatic heterocycles. The first kappa shape index (κ1) is 14.1. The standard InChI is InChI=1S/C14H15BrN2OS/c1-17(2)11-5-3-4-10(8-11)14(18)16-9-13-12(15)6-7-19-13/h3-8H,9H2,1-2H3,(H,16,18). The summed E-state index contributed by atoms with van der Waals surface area (Å²) in [6.45, 7) is 0.545. The number of hydrogen-bond donors (Lipinski definition) is 1. The molecule has 2 aromatic rings. The summed E-state index contributed by atoms with van der Waals surface area (Å²) in [6.07, 6.45) is 0. The number of nitrogens with one attached hydrogen (secondary N) is 1. The molecule has 1 N–H and O–H groups in total. The Bertz CT molecular complexity index is 580. The van der Waals surface area contributed by atoms with Crippen LogP contribution in [-0.4, -0.2) is 20.0 Å². The van der Waals surface area contributed by atoms with Gasteiger partial charge in [-0.15, -0.1) is 11.3 Å². The van der Waals surface area contributed by atoms with Crippen molar-refractivity contribution in [3.63, 3.8) is 0 Å². The highest BCUT2D eigenvalue weighted by molar-refractivity contribution is 9.10. The summed E-state index contributed by atoms with van der Waals surface area (Å²) in [4.78, 5) is 15.2. The number of anilines is 1. The molecule has 3 nitrogen and oxygen atoms in total. The van der Waals surface area contributed by atoms with E-state index in [0.717, 1.165) is 15.0 Å². The number of hydrogen-bond acceptors (Lipinski definition) is 3. The van der Waals surface area contributed by atoms with E-state index in [2.05, 4.69) is 21.2 Å². The van der Waals surface area contributed by atoms with Crippen LogP contribution in [-0.2, 0) is 6.54 Å². The van der Waals surface area contributed by atoms with Crippen molar-refractivity contribution < 1.29 is 4.79 Å². The first-order valence-electron chi connectivity index (χ1n) is 5.85. The summed E-state index contributed by atoms with van der Waals surface area (Å²) in [6, 6.07) is 9.57. The molecule has 0 unspecified atom stereocenters. The number of amides is 1. The van der Waals surface area contributed by atoms with Crippen molar-refractivity contribution >= 4 is 38.9 Å². The predicted molar refractivity (Wildman–Crippen MR) is 84.0 cm³/mol. The molecule has 0 saturated heterocycles. The van der Waals surface area contributed by atoms with Gasteiger partial charge in [0.15, 0.2) is 0 Å². The first-order chi connectivity index (χ1) is 9.08. The molecule has 2 rings (SSSR count). The molecule has 0 radical (unpaired) electrons. The van der Waals surface area contributed by atoms with Crippen molar-refractivity contribution in [1.29, 1.82) is 0 Å². The van der Waals surface area contributed by atoms with Crippen molar-refractivity contribution in [2.24, 2.45) is 0 Å². The molecule has 0 bridgehead atoms. The monoisotopic (exact) mass is 338 g/mol. The summed E-state index contributed by atoms with van der Waals surface area (Å²) in [5, 5.41) is 4.93. The zero-order valence-electron chi connectivity index (χ0n) is 10.8. The summed E-state index contributed by atoms with van der Waals surface area (Å²) in [7, 11) is 3.92. The lowest BCUT2D eigenvalue weighted by molar-refractivity contribution is 0.0951. The molecule has 19 heavy (non-hydrogen) atoms. The van der Waals surface area contributed by atoms with E-state index in [1.54, 1.807) is 11.3 Å². The molecular formula is C14H15BrN2OS. The second-order valence-electron chi connectivity index (χ2n) is 4.32. The molecule has 0 aliphatic rings. The van der Waals surface area contributed by atoms with Gasteiger partial charge in [0.1, 0.15) is 0 Å². The molecule has 100 valence electrons. The Hall–Kier alpha value is -1.33. The zero-order valence-corrected chi connectivity index (χ0v) is 13.2. The lowest BCUT2D eigenvalue weighted by Crippen LogP contribution is -2.22. The zero-order chi connectivity index (χ0) is 13.8. The van der Waals surface area contributed by atoms with Crippen molar-refractivity contribution in [2.45, 2.75) is 6.54 Å². The Labute approximate surface area is 125 Å². The maximum absolute atomic E-state index is 12.1. The molecular weight excluding hydrogens is 324 g/mol. The molecule has 0 spiro atoms. The van der Waals surface area contributed by atoms with E-state index in [4.69, 9.17) is 0 Å². The lowest BCUT2D eigenvalue weighted by Gasteiger charge is -2.13. The van der Waals surface area contributed by atoms with Gasteiger partial charge in [0, 0.05) is 34.7 Å². The maximum Gasteiger partial charge on any atom is 0.251 e. The van der Waals surface area contributed by atoms with Crippen molar-refractivity contribution in [2.75, 3.05) is 19.0 Å². The van der Waals surface area contributed by atoms with E-state index in [9.17, 15) is 4.79 Å². The fourth-order valence-corrected chi connectivity index (χ4v) is 3.07. The summed E-state index contributed by atoms with van der Waals surface area (Å²) in [5.41, 5.74) is 1.70. The van der Waals surface area contributed by atoms with Crippen LogP contribution in [0.25, 0.3) is 0 Å². The van der Waals surface area contributed by atoms with Crippen molar-refractivity contribution in [3.05, 3.63) is 50.6 Å². The van der Waals surface area contributed by atoms with Crippen molar-refractivity contribution in [1.82, 2.24) is 5.32 Å². The molecule has 1 heterocycles. The Kier molecular flexibility index (Phi) is 4.61. The lowest BCUT2D eigenvalue weighted by atomic mass is 10.2. The molecule has 0 fully saturated rings. The molecule has 5 heteroatoms. The Balaban J connectivity index is 2.04. The van der Waals surface area contributed by atoms with E-state index in [0.29, 0.717) is 12.1 Å². The van der Waals surface area contributed by atoms with Gasteiger partial charge in [-0.1, -0.05) is 6.07 Å². The Morgan fingerprint density at radius 3 is 2.79 bits per heavy atom. The van der Waals surface area contributed by atoms with Gasteiger partial charge in [-0.2, -0.15) is 0 Å². The highest BCUT2D eigenvalue weighted by Gasteiger charge is 2.08. The maximum atomic E-state index is 12.1. The Morgan fingerprint density at radius 1 is 1.37 bits per heavy atom. The van der Waals surface area contributed by atoms with E-state index in [-0.39, 0.29) is 5.91 Å². The molecule has 1 aromatic carbocycles. The fourth-order valence-electron chi connectivity index (χ4n) is 1.64. The normalized spacial score (nSPS) is 10.3. The molecule has 0 saturated carbocycles. The fraction of sp³-hybridized carbons (Fsp3) is 0.214. The average Bonchev–Trinajstić information content (AvgIpc) is 2.81. The third kappa shape index (κ3) is 3.58. The second-order valence-corrected chi connectivity index (χ2v) is 6.17. The number of carbonyl (C=O) groups excluding carboxylic acids is 1. The van der Waals surface area contributed by atoms with Gasteiger partial charge in [-0.3, -0.25) is 4.79 Å². The van der Waals surface area contributed by atoms with Crippen LogP contribution in [0.15, 0.2) is 40.2 Å². The van der Waals surface area contributed by atoms with Gasteiger partial charge in [-0.05, 0) is 45.6 Å². The average molecular weight is 339 g/mol. The topological polar surface area (TPSA) is 32.3 Å². The predicted octanol–water partition coefficient (Wildman–Crippen LogP) is 3.51. The number of rotatable bonds is 4. The quantitative estimate of drug-likeness (QED) is 0.925. The third-order valence-electron chi connectivity index (χ3n) is 2.73. The summed E-state index contributed by atoms with van der Waals surface area (Å²) < 4.78 is 1.04. The second kappa shape index (κ2) is 6.21. The summed E-state index contributed by atoms with van der Waals surface area (Å²) in [5.74, 6) is -0.0519. The van der Waals surface area contributed by atoms with Gasteiger partial charge < -0.3 is 10.2 Å². The van der Waals surface area contributed by atoms with Crippen LogP contribution in [0.1, 0.15) is 15.2 Å². The van der Waals surface area contributed by atoms with Crippen molar-refractivity contribution in [3.8, 4) is 0 Å². The number of thiophene rings is 1. The SMILES string of the molecule is CN(C)c1cccc(C(=O)NCc2sccc2Br)c1. The van der Waals surface area contributed by atoms with Crippen LogP contribution in [0.2, 0.25) is 0 Å². The number of nitrogens with zero attached hydrogens (tertiary/aromatic N) is 1. The Morgan fingerprint density at radius 2 is 2.16 bits per heavy atom. The molecule has 0 aliphatic heterocycles. The molecule has 0 aliphatic carbocycles. The van der Waals surface area contributed by atoms with Crippen LogP contribution in [0.3, 0.4) is 0 Å². The van der Waals surface area contributed by atoms with Gasteiger partial charge in [0.05, 0.1) is 6.54 Å². The van der Waals surface area contributed by atoms with Gasteiger partial charge in [-0.25, -0.2) is 0 Å². The first-order valence-corrected chi connectivity index (χ1v) is 7.52. The van der Waals surface area contributed by atoms with Gasteiger partial charge in [0.25, 0.3) is 5.91 Å². The van der Waals surface area contributed by atoms with E-state index in [1.165, 1.54) is 0 Å². The minimum absolute atomic E-state index is 0.0519. The van der Waals surface area contributed by atoms with Crippen LogP contribution in [0, 0.1) is 0 Å². The van der Waals surface area contributed by atoms with Crippen LogP contribution in [0.4, 0.5) is 5.69 Å². The third-order valence-corrected chi connectivity index (χ3v) is 4.65.